The number of para-hydroxylation sites is 1. The van der Waals surface area contributed by atoms with Gasteiger partial charge in [0.15, 0.2) is 0 Å². The second kappa shape index (κ2) is 12.4. The van der Waals surface area contributed by atoms with Crippen molar-refractivity contribution in [3.63, 3.8) is 0 Å². The van der Waals surface area contributed by atoms with Crippen molar-refractivity contribution in [2.45, 2.75) is 25.4 Å². The quantitative estimate of drug-likeness (QED) is 0.113. The molecule has 7 rings (SSSR count). The van der Waals surface area contributed by atoms with Crippen LogP contribution in [0, 0.1) is 15.9 Å². The zero-order valence-corrected chi connectivity index (χ0v) is 26.5. The summed E-state index contributed by atoms with van der Waals surface area (Å²) in [7, 11) is 3.31. The molecule has 1 unspecified atom stereocenters. The summed E-state index contributed by atoms with van der Waals surface area (Å²) >= 11 is 0. The van der Waals surface area contributed by atoms with E-state index in [1.54, 1.807) is 12.3 Å². The van der Waals surface area contributed by atoms with Crippen LogP contribution in [0.4, 0.5) is 27.4 Å². The number of benzene rings is 3. The highest BCUT2D eigenvalue weighted by molar-refractivity contribution is 6.23. The number of nitro benzene ring substituents is 1. The number of amides is 4. The fraction of sp³-hybridized carbons (Fsp3) is 0.176. The molecule has 0 aliphatic carbocycles. The Balaban J connectivity index is 1.14. The van der Waals surface area contributed by atoms with Gasteiger partial charge in [0.25, 0.3) is 17.5 Å². The second-order valence-corrected chi connectivity index (χ2v) is 11.7. The Labute approximate surface area is 282 Å². The molecule has 2 aromatic heterocycles. The Morgan fingerprint density at radius 2 is 1.86 bits per heavy atom. The van der Waals surface area contributed by atoms with Crippen LogP contribution in [-0.2, 0) is 23.2 Å². The molecular weight excluding hydrogens is 651 g/mol. The molecule has 3 N–H and O–H groups in total. The number of carbonyl (C=O) groups is 4. The molecule has 0 bridgehead atoms. The highest BCUT2D eigenvalue weighted by Crippen LogP contribution is 2.39. The maximum absolute atomic E-state index is 15.8. The zero-order chi connectivity index (χ0) is 35.3. The van der Waals surface area contributed by atoms with E-state index in [9.17, 15) is 29.3 Å². The molecule has 2 aliphatic heterocycles. The molecule has 252 valence electrons. The number of nitro groups is 1. The summed E-state index contributed by atoms with van der Waals surface area (Å²) in [6, 6.07) is 13.5. The number of rotatable bonds is 9. The summed E-state index contributed by atoms with van der Waals surface area (Å²) < 4.78 is 23.3. The number of methoxy groups -OCH3 is 1. The maximum atomic E-state index is 15.8. The van der Waals surface area contributed by atoms with Crippen molar-refractivity contribution >= 4 is 57.5 Å². The Bertz CT molecular complexity index is 2290. The number of piperidine rings is 1. The number of anilines is 3. The molecule has 0 radical (unpaired) electrons. The van der Waals surface area contributed by atoms with E-state index in [-0.39, 0.29) is 59.3 Å². The van der Waals surface area contributed by atoms with Gasteiger partial charge in [0.2, 0.25) is 17.8 Å². The Hall–Kier alpha value is -6.71. The topological polar surface area (TPSA) is 191 Å². The summed E-state index contributed by atoms with van der Waals surface area (Å²) in [5.74, 6) is -3.87. The third kappa shape index (κ3) is 5.41. The number of imide groups is 2. The van der Waals surface area contributed by atoms with Gasteiger partial charge in [-0.2, -0.15) is 0 Å². The van der Waals surface area contributed by atoms with Crippen LogP contribution in [0.15, 0.2) is 67.0 Å². The van der Waals surface area contributed by atoms with E-state index in [4.69, 9.17) is 4.74 Å². The zero-order valence-electron chi connectivity index (χ0n) is 26.5. The Morgan fingerprint density at radius 3 is 2.62 bits per heavy atom. The third-order valence-corrected chi connectivity index (χ3v) is 8.68. The lowest BCUT2D eigenvalue weighted by molar-refractivity contribution is -0.383. The Morgan fingerprint density at radius 1 is 1.06 bits per heavy atom. The number of aromatic nitrogens is 3. The molecule has 5 aromatic rings. The van der Waals surface area contributed by atoms with Crippen molar-refractivity contribution in [1.82, 2.24) is 24.8 Å². The molecule has 1 saturated heterocycles. The van der Waals surface area contributed by atoms with Crippen LogP contribution in [-0.4, -0.2) is 61.1 Å². The first-order chi connectivity index (χ1) is 24.0. The maximum Gasteiger partial charge on any atom is 0.294 e. The van der Waals surface area contributed by atoms with Crippen molar-refractivity contribution in [3.05, 3.63) is 99.6 Å². The average molecular weight is 679 g/mol. The molecule has 16 heteroatoms. The van der Waals surface area contributed by atoms with Gasteiger partial charge in [-0.3, -0.25) is 39.5 Å². The van der Waals surface area contributed by atoms with E-state index in [2.05, 4.69) is 25.9 Å². The predicted octanol–water partition coefficient (Wildman–Crippen LogP) is 4.45. The van der Waals surface area contributed by atoms with Gasteiger partial charge in [0.05, 0.1) is 34.5 Å². The lowest BCUT2D eigenvalue weighted by Gasteiger charge is -2.27. The first-order valence-electron chi connectivity index (χ1n) is 15.3. The number of halogens is 1. The minimum absolute atomic E-state index is 0.0182. The van der Waals surface area contributed by atoms with Gasteiger partial charge < -0.3 is 19.9 Å². The van der Waals surface area contributed by atoms with Gasteiger partial charge in [-0.05, 0) is 24.6 Å². The normalized spacial score (nSPS) is 15.7. The van der Waals surface area contributed by atoms with Crippen molar-refractivity contribution < 1.29 is 33.2 Å². The summed E-state index contributed by atoms with van der Waals surface area (Å²) in [4.78, 5) is 71.3. The number of nitrogens with one attached hydrogen (secondary N) is 3. The lowest BCUT2D eigenvalue weighted by Crippen LogP contribution is -2.54. The van der Waals surface area contributed by atoms with Crippen LogP contribution < -0.4 is 20.7 Å². The highest BCUT2D eigenvalue weighted by Gasteiger charge is 2.46. The number of hydrogen-bond acceptors (Lipinski definition) is 11. The minimum atomic E-state index is -1.26. The number of hydrogen-bond donors (Lipinski definition) is 3. The first kappa shape index (κ1) is 31.9. The van der Waals surface area contributed by atoms with Crippen LogP contribution in [0.1, 0.15) is 39.1 Å². The molecule has 2 aliphatic rings. The van der Waals surface area contributed by atoms with Crippen LogP contribution in [0.3, 0.4) is 0 Å². The van der Waals surface area contributed by atoms with Crippen LogP contribution in [0.2, 0.25) is 0 Å². The van der Waals surface area contributed by atoms with Gasteiger partial charge in [-0.15, -0.1) is 0 Å². The van der Waals surface area contributed by atoms with Crippen molar-refractivity contribution in [1.29, 1.82) is 0 Å². The molecule has 3 aromatic carbocycles. The summed E-state index contributed by atoms with van der Waals surface area (Å²) in [6.45, 7) is -0.314. The first-order valence-corrected chi connectivity index (χ1v) is 15.3. The molecule has 4 amide bonds. The van der Waals surface area contributed by atoms with Gasteiger partial charge >= 0.3 is 0 Å². The standard InChI is InChI=1S/C34H27FN8O7/c1-41-16-20(18-5-3-4-6-24(18)41)21-11-12-36-34(38-21)39-23-13-26(43(48)49)22(14-27(23)50-2)37-15-17-7-8-19-29(30(17)35)33(47)42(32(19)46)25-9-10-28(44)40-31(25)45/h3-8,11-14,16,25,37H,9-10,15H2,1-2H3,(H,36,38,39)(H,40,44,45). The number of nitrogens with zero attached hydrogens (tertiary/aromatic N) is 5. The predicted molar refractivity (Wildman–Crippen MR) is 177 cm³/mol. The van der Waals surface area contributed by atoms with Crippen molar-refractivity contribution in [2.24, 2.45) is 7.05 Å². The monoisotopic (exact) mass is 678 g/mol. The minimum Gasteiger partial charge on any atom is -0.494 e. The van der Waals surface area contributed by atoms with Gasteiger partial charge in [0, 0.05) is 66.6 Å². The number of fused-ring (bicyclic) bond motifs is 2. The highest BCUT2D eigenvalue weighted by atomic mass is 19.1. The SMILES string of the molecule is COc1cc(NCc2ccc3c(c2F)C(=O)N(C2CCC(=O)NC2=O)C3=O)c([N+](=O)[O-])cc1Nc1nccc(-c2cn(C)c3ccccc23)n1. The van der Waals surface area contributed by atoms with E-state index in [0.29, 0.717) is 10.6 Å². The fourth-order valence-corrected chi connectivity index (χ4v) is 6.25. The molecule has 1 fully saturated rings. The van der Waals surface area contributed by atoms with E-state index >= 15 is 4.39 Å². The van der Waals surface area contributed by atoms with E-state index < -0.39 is 46.0 Å². The van der Waals surface area contributed by atoms with Gasteiger partial charge in [-0.1, -0.05) is 24.3 Å². The smallest absolute Gasteiger partial charge is 0.294 e. The summed E-state index contributed by atoms with van der Waals surface area (Å²) in [5, 5.41) is 21.1. The summed E-state index contributed by atoms with van der Waals surface area (Å²) in [5.41, 5.74) is 1.51. The second-order valence-electron chi connectivity index (χ2n) is 11.7. The van der Waals surface area contributed by atoms with Crippen molar-refractivity contribution in [2.75, 3.05) is 17.7 Å². The molecule has 1 atom stereocenters. The van der Waals surface area contributed by atoms with Gasteiger partial charge in [0.1, 0.15) is 23.3 Å². The molecule has 4 heterocycles. The molecular formula is C34H27FN8O7. The Kier molecular flexibility index (Phi) is 7.90. The van der Waals surface area contributed by atoms with Crippen LogP contribution >= 0.6 is 0 Å². The molecule has 0 saturated carbocycles. The summed E-state index contributed by atoms with van der Waals surface area (Å²) in [6.07, 6.45) is 3.36. The molecule has 15 nitrogen and oxygen atoms in total. The molecule has 0 spiro atoms. The largest absolute Gasteiger partial charge is 0.494 e. The van der Waals surface area contributed by atoms with E-state index in [1.165, 1.54) is 31.4 Å². The van der Waals surface area contributed by atoms with Crippen molar-refractivity contribution in [3.8, 4) is 17.0 Å². The number of ether oxygens (including phenoxy) is 1. The lowest BCUT2D eigenvalue weighted by atomic mass is 10.0. The molecule has 50 heavy (non-hydrogen) atoms. The van der Waals surface area contributed by atoms with Crippen LogP contribution in [0.5, 0.6) is 5.75 Å². The van der Waals surface area contributed by atoms with E-state index in [1.807, 2.05) is 42.1 Å². The number of carbonyl (C=O) groups excluding carboxylic acids is 4. The third-order valence-electron chi connectivity index (χ3n) is 8.68. The number of aryl methyl sites for hydroxylation is 1. The fourth-order valence-electron chi connectivity index (χ4n) is 6.25. The van der Waals surface area contributed by atoms with Gasteiger partial charge in [-0.25, -0.2) is 14.4 Å². The van der Waals surface area contributed by atoms with Crippen LogP contribution in [0.25, 0.3) is 22.2 Å². The average Bonchev–Trinajstić information content (AvgIpc) is 3.57. The van der Waals surface area contributed by atoms with E-state index in [0.717, 1.165) is 16.5 Å².